The van der Waals surface area contributed by atoms with Crippen LogP contribution in [0.2, 0.25) is 0 Å². The van der Waals surface area contributed by atoms with Crippen LogP contribution in [0.1, 0.15) is 32.8 Å². The highest BCUT2D eigenvalue weighted by atomic mass is 16.5. The molecule has 17 heavy (non-hydrogen) atoms. The Morgan fingerprint density at radius 3 is 2.24 bits per heavy atom. The van der Waals surface area contributed by atoms with Gasteiger partial charge in [-0.3, -0.25) is 0 Å². The second-order valence-corrected chi connectivity index (χ2v) is 5.38. The van der Waals surface area contributed by atoms with Gasteiger partial charge in [0.25, 0.3) is 0 Å². The van der Waals surface area contributed by atoms with Crippen molar-refractivity contribution in [3.63, 3.8) is 0 Å². The standard InChI is InChI=1S/C15H23NO/c1-4-15(2,3)13-5-7-14(8-6-13)16-9-11-17-12-10-16/h5-8H,4,9-12H2,1-3H3. The highest BCUT2D eigenvalue weighted by molar-refractivity contribution is 5.48. The lowest BCUT2D eigenvalue weighted by atomic mass is 9.82. The molecule has 1 aliphatic heterocycles. The van der Waals surface area contributed by atoms with E-state index in [1.54, 1.807) is 0 Å². The maximum Gasteiger partial charge on any atom is 0.0642 e. The Morgan fingerprint density at radius 1 is 1.12 bits per heavy atom. The molecule has 2 nitrogen and oxygen atoms in total. The Balaban J connectivity index is 2.12. The van der Waals surface area contributed by atoms with Gasteiger partial charge in [-0.1, -0.05) is 32.9 Å². The molecule has 0 aromatic heterocycles. The van der Waals surface area contributed by atoms with Crippen LogP contribution in [0.25, 0.3) is 0 Å². The molecule has 2 heteroatoms. The van der Waals surface area contributed by atoms with Gasteiger partial charge in [0.05, 0.1) is 13.2 Å². The molecule has 0 bridgehead atoms. The monoisotopic (exact) mass is 233 g/mol. The van der Waals surface area contributed by atoms with Gasteiger partial charge in [-0.2, -0.15) is 0 Å². The number of nitrogens with zero attached hydrogens (tertiary/aromatic N) is 1. The van der Waals surface area contributed by atoms with E-state index in [9.17, 15) is 0 Å². The van der Waals surface area contributed by atoms with E-state index < -0.39 is 0 Å². The summed E-state index contributed by atoms with van der Waals surface area (Å²) < 4.78 is 5.37. The second-order valence-electron chi connectivity index (χ2n) is 5.38. The van der Waals surface area contributed by atoms with Crippen molar-refractivity contribution in [3.8, 4) is 0 Å². The molecule has 0 amide bonds. The van der Waals surface area contributed by atoms with E-state index in [1.165, 1.54) is 17.7 Å². The normalized spacial score (nSPS) is 17.2. The maximum atomic E-state index is 5.37. The summed E-state index contributed by atoms with van der Waals surface area (Å²) in [5.41, 5.74) is 3.03. The zero-order chi connectivity index (χ0) is 12.3. The third-order valence-corrected chi connectivity index (χ3v) is 3.91. The lowest BCUT2D eigenvalue weighted by molar-refractivity contribution is 0.122. The number of benzene rings is 1. The van der Waals surface area contributed by atoms with E-state index in [0.717, 1.165) is 26.3 Å². The Hall–Kier alpha value is -1.02. The summed E-state index contributed by atoms with van der Waals surface area (Å²) in [5, 5.41) is 0. The van der Waals surface area contributed by atoms with Crippen LogP contribution in [0, 0.1) is 0 Å². The first-order valence-corrected chi connectivity index (χ1v) is 6.57. The number of morpholine rings is 1. The Bertz CT molecular complexity index is 350. The largest absolute Gasteiger partial charge is 0.378 e. The van der Waals surface area contributed by atoms with Crippen molar-refractivity contribution in [1.29, 1.82) is 0 Å². The highest BCUT2D eigenvalue weighted by Gasteiger charge is 2.18. The quantitative estimate of drug-likeness (QED) is 0.795. The van der Waals surface area contributed by atoms with Crippen molar-refractivity contribution in [2.75, 3.05) is 31.2 Å². The van der Waals surface area contributed by atoms with Gasteiger partial charge >= 0.3 is 0 Å². The lowest BCUT2D eigenvalue weighted by Gasteiger charge is -2.30. The summed E-state index contributed by atoms with van der Waals surface area (Å²) in [6.45, 7) is 10.6. The van der Waals surface area contributed by atoms with E-state index in [0.29, 0.717) is 0 Å². The van der Waals surface area contributed by atoms with Crippen molar-refractivity contribution in [3.05, 3.63) is 29.8 Å². The lowest BCUT2D eigenvalue weighted by Crippen LogP contribution is -2.36. The average molecular weight is 233 g/mol. The molecule has 0 atom stereocenters. The van der Waals surface area contributed by atoms with Crippen molar-refractivity contribution in [1.82, 2.24) is 0 Å². The van der Waals surface area contributed by atoms with Crippen molar-refractivity contribution in [2.24, 2.45) is 0 Å². The summed E-state index contributed by atoms with van der Waals surface area (Å²) in [7, 11) is 0. The fourth-order valence-corrected chi connectivity index (χ4v) is 2.15. The molecule has 1 fully saturated rings. The molecule has 0 unspecified atom stereocenters. The third kappa shape index (κ3) is 2.81. The number of anilines is 1. The van der Waals surface area contributed by atoms with Crippen LogP contribution in [0.5, 0.6) is 0 Å². The number of hydrogen-bond acceptors (Lipinski definition) is 2. The minimum absolute atomic E-state index is 0.281. The van der Waals surface area contributed by atoms with Gasteiger partial charge in [-0.05, 0) is 29.5 Å². The Kier molecular flexibility index (Phi) is 3.72. The fraction of sp³-hybridized carbons (Fsp3) is 0.600. The van der Waals surface area contributed by atoms with E-state index in [2.05, 4.69) is 49.9 Å². The van der Waals surface area contributed by atoms with Gasteiger partial charge in [-0.15, -0.1) is 0 Å². The third-order valence-electron chi connectivity index (χ3n) is 3.91. The summed E-state index contributed by atoms with van der Waals surface area (Å²) >= 11 is 0. The zero-order valence-corrected chi connectivity index (χ0v) is 11.2. The van der Waals surface area contributed by atoms with Crippen LogP contribution in [-0.4, -0.2) is 26.3 Å². The molecule has 94 valence electrons. The number of hydrogen-bond donors (Lipinski definition) is 0. The van der Waals surface area contributed by atoms with Crippen molar-refractivity contribution in [2.45, 2.75) is 32.6 Å². The van der Waals surface area contributed by atoms with Crippen LogP contribution in [-0.2, 0) is 10.2 Å². The molecule has 1 aromatic carbocycles. The van der Waals surface area contributed by atoms with Crippen LogP contribution in [0.15, 0.2) is 24.3 Å². The molecule has 0 aliphatic carbocycles. The van der Waals surface area contributed by atoms with Gasteiger partial charge in [0.15, 0.2) is 0 Å². The summed E-state index contributed by atoms with van der Waals surface area (Å²) in [4.78, 5) is 2.40. The molecule has 0 radical (unpaired) electrons. The molecular weight excluding hydrogens is 210 g/mol. The van der Waals surface area contributed by atoms with Crippen LogP contribution in [0.3, 0.4) is 0 Å². The van der Waals surface area contributed by atoms with E-state index >= 15 is 0 Å². The molecular formula is C15H23NO. The maximum absolute atomic E-state index is 5.37. The summed E-state index contributed by atoms with van der Waals surface area (Å²) in [5.74, 6) is 0. The van der Waals surface area contributed by atoms with Crippen molar-refractivity contribution >= 4 is 5.69 Å². The summed E-state index contributed by atoms with van der Waals surface area (Å²) in [6, 6.07) is 9.04. The molecule has 0 spiro atoms. The molecule has 1 saturated heterocycles. The number of rotatable bonds is 3. The predicted molar refractivity (Wildman–Crippen MR) is 72.8 cm³/mol. The SMILES string of the molecule is CCC(C)(C)c1ccc(N2CCOCC2)cc1. The molecule has 0 N–H and O–H groups in total. The molecule has 2 rings (SSSR count). The predicted octanol–water partition coefficient (Wildman–Crippen LogP) is 3.21. The van der Waals surface area contributed by atoms with Gasteiger partial charge in [-0.25, -0.2) is 0 Å². The molecule has 1 heterocycles. The Morgan fingerprint density at radius 2 is 1.71 bits per heavy atom. The van der Waals surface area contributed by atoms with Crippen LogP contribution < -0.4 is 4.90 Å². The highest BCUT2D eigenvalue weighted by Crippen LogP contribution is 2.28. The minimum Gasteiger partial charge on any atom is -0.378 e. The smallest absolute Gasteiger partial charge is 0.0642 e. The minimum atomic E-state index is 0.281. The van der Waals surface area contributed by atoms with Gasteiger partial charge in [0.2, 0.25) is 0 Å². The molecule has 0 saturated carbocycles. The van der Waals surface area contributed by atoms with Crippen LogP contribution >= 0.6 is 0 Å². The first-order valence-electron chi connectivity index (χ1n) is 6.57. The van der Waals surface area contributed by atoms with Crippen molar-refractivity contribution < 1.29 is 4.74 Å². The topological polar surface area (TPSA) is 12.5 Å². The second kappa shape index (κ2) is 5.09. The molecule has 1 aliphatic rings. The first kappa shape index (κ1) is 12.4. The van der Waals surface area contributed by atoms with E-state index in [4.69, 9.17) is 4.74 Å². The zero-order valence-electron chi connectivity index (χ0n) is 11.2. The average Bonchev–Trinajstić information content (AvgIpc) is 2.40. The Labute approximate surface area is 105 Å². The fourth-order valence-electron chi connectivity index (χ4n) is 2.15. The van der Waals surface area contributed by atoms with Gasteiger partial charge in [0.1, 0.15) is 0 Å². The van der Waals surface area contributed by atoms with E-state index in [1.807, 2.05) is 0 Å². The summed E-state index contributed by atoms with van der Waals surface area (Å²) in [6.07, 6.45) is 1.17. The van der Waals surface area contributed by atoms with E-state index in [-0.39, 0.29) is 5.41 Å². The van der Waals surface area contributed by atoms with Crippen LogP contribution in [0.4, 0.5) is 5.69 Å². The number of ether oxygens (including phenoxy) is 1. The van der Waals surface area contributed by atoms with Gasteiger partial charge < -0.3 is 9.64 Å². The van der Waals surface area contributed by atoms with Gasteiger partial charge in [0, 0.05) is 18.8 Å². The molecule has 1 aromatic rings. The first-order chi connectivity index (χ1) is 8.13.